The summed E-state index contributed by atoms with van der Waals surface area (Å²) in [5.41, 5.74) is 1.65. The van der Waals surface area contributed by atoms with Gasteiger partial charge in [-0.15, -0.1) is 0 Å². The quantitative estimate of drug-likeness (QED) is 0.621. The Kier molecular flexibility index (Phi) is 5.51. The van der Waals surface area contributed by atoms with Crippen LogP contribution in [-0.2, 0) is 9.59 Å². The van der Waals surface area contributed by atoms with Gasteiger partial charge < -0.3 is 4.74 Å². The predicted octanol–water partition coefficient (Wildman–Crippen LogP) is 4.10. The molecule has 0 aromatic heterocycles. The number of hydrogen-bond donors (Lipinski definition) is 1. The highest BCUT2D eigenvalue weighted by Crippen LogP contribution is 2.28. The van der Waals surface area contributed by atoms with Crippen molar-refractivity contribution in [3.63, 3.8) is 0 Å². The Balaban J connectivity index is 1.96. The first-order valence-electron chi connectivity index (χ1n) is 8.70. The van der Waals surface area contributed by atoms with Gasteiger partial charge in [0.25, 0.3) is 11.8 Å². The minimum atomic E-state index is -0.781. The summed E-state index contributed by atoms with van der Waals surface area (Å²) in [6.07, 6.45) is 1.36. The number of rotatable bonds is 4. The van der Waals surface area contributed by atoms with Crippen LogP contribution in [0.2, 0.25) is 5.02 Å². The summed E-state index contributed by atoms with van der Waals surface area (Å²) in [4.78, 5) is 38.3. The Bertz CT molecular complexity index is 998. The number of aryl methyl sites for hydroxylation is 1. The largest absolute Gasteiger partial charge is 0.489 e. The first-order chi connectivity index (χ1) is 13.3. The summed E-state index contributed by atoms with van der Waals surface area (Å²) in [7, 11) is 0. The van der Waals surface area contributed by atoms with Gasteiger partial charge in [-0.05, 0) is 62.2 Å². The van der Waals surface area contributed by atoms with Crippen LogP contribution in [-0.4, -0.2) is 23.9 Å². The monoisotopic (exact) mass is 398 g/mol. The number of imide groups is 2. The second kappa shape index (κ2) is 7.86. The van der Waals surface area contributed by atoms with Crippen LogP contribution in [0.1, 0.15) is 25.0 Å². The molecule has 0 saturated carbocycles. The van der Waals surface area contributed by atoms with Gasteiger partial charge >= 0.3 is 6.03 Å². The zero-order valence-corrected chi connectivity index (χ0v) is 16.4. The molecule has 2 aromatic rings. The van der Waals surface area contributed by atoms with Gasteiger partial charge in [-0.1, -0.05) is 29.8 Å². The smallest absolute Gasteiger partial charge is 0.335 e. The van der Waals surface area contributed by atoms with Crippen molar-refractivity contribution in [1.29, 1.82) is 0 Å². The Morgan fingerprint density at radius 2 is 1.86 bits per heavy atom. The molecule has 3 rings (SSSR count). The third-order valence-electron chi connectivity index (χ3n) is 3.99. The summed E-state index contributed by atoms with van der Waals surface area (Å²) in [6, 6.07) is 11.1. The van der Waals surface area contributed by atoms with Crippen LogP contribution in [0, 0.1) is 6.92 Å². The van der Waals surface area contributed by atoms with Crippen molar-refractivity contribution in [2.75, 3.05) is 4.90 Å². The molecule has 7 heteroatoms. The van der Waals surface area contributed by atoms with Gasteiger partial charge in [0.05, 0.1) is 16.8 Å². The molecule has 1 saturated heterocycles. The molecule has 0 radical (unpaired) electrons. The van der Waals surface area contributed by atoms with E-state index in [1.54, 1.807) is 36.4 Å². The first-order valence-corrected chi connectivity index (χ1v) is 9.08. The maximum Gasteiger partial charge on any atom is 0.335 e. The molecule has 28 heavy (non-hydrogen) atoms. The summed E-state index contributed by atoms with van der Waals surface area (Å²) in [6.45, 7) is 5.61. The van der Waals surface area contributed by atoms with Gasteiger partial charge in [0.1, 0.15) is 11.3 Å². The van der Waals surface area contributed by atoms with E-state index in [4.69, 9.17) is 16.3 Å². The average Bonchev–Trinajstić information content (AvgIpc) is 2.60. The highest BCUT2D eigenvalue weighted by Gasteiger charge is 2.36. The lowest BCUT2D eigenvalue weighted by atomic mass is 10.1. The fraction of sp³-hybridized carbons (Fsp3) is 0.190. The Labute approximate surface area is 167 Å². The molecule has 0 unspecified atom stereocenters. The van der Waals surface area contributed by atoms with Crippen LogP contribution >= 0.6 is 11.6 Å². The molecule has 0 spiro atoms. The van der Waals surface area contributed by atoms with Crippen molar-refractivity contribution in [3.8, 4) is 5.75 Å². The number of hydrogen-bond acceptors (Lipinski definition) is 4. The van der Waals surface area contributed by atoms with Crippen LogP contribution in [0.4, 0.5) is 10.5 Å². The average molecular weight is 399 g/mol. The lowest BCUT2D eigenvalue weighted by Gasteiger charge is -2.26. The molecule has 2 aromatic carbocycles. The van der Waals surface area contributed by atoms with E-state index in [0.29, 0.717) is 22.0 Å². The Morgan fingerprint density at radius 1 is 1.11 bits per heavy atom. The lowest BCUT2D eigenvalue weighted by Crippen LogP contribution is -2.54. The normalized spacial score (nSPS) is 16.0. The predicted molar refractivity (Wildman–Crippen MR) is 107 cm³/mol. The van der Waals surface area contributed by atoms with Gasteiger partial charge in [0.15, 0.2) is 0 Å². The molecule has 0 atom stereocenters. The van der Waals surface area contributed by atoms with E-state index in [9.17, 15) is 14.4 Å². The molecule has 1 fully saturated rings. The van der Waals surface area contributed by atoms with Crippen LogP contribution in [0.5, 0.6) is 5.75 Å². The molecule has 144 valence electrons. The molecule has 6 nitrogen and oxygen atoms in total. The number of barbiturate groups is 1. The zero-order valence-electron chi connectivity index (χ0n) is 15.7. The van der Waals surface area contributed by atoms with Crippen molar-refractivity contribution >= 4 is 41.2 Å². The van der Waals surface area contributed by atoms with Crippen LogP contribution in [0.15, 0.2) is 48.0 Å². The minimum absolute atomic E-state index is 0.0405. The molecule has 4 amide bonds. The van der Waals surface area contributed by atoms with E-state index in [-0.39, 0.29) is 11.7 Å². The Hall–Kier alpha value is -3.12. The van der Waals surface area contributed by atoms with Crippen LogP contribution in [0.3, 0.4) is 0 Å². The molecular weight excluding hydrogens is 380 g/mol. The maximum absolute atomic E-state index is 12.9. The fourth-order valence-corrected chi connectivity index (χ4v) is 3.02. The fourth-order valence-electron chi connectivity index (χ4n) is 2.78. The van der Waals surface area contributed by atoms with Crippen LogP contribution < -0.4 is 15.0 Å². The zero-order chi connectivity index (χ0) is 20.4. The number of nitrogens with one attached hydrogen (secondary N) is 1. The topological polar surface area (TPSA) is 75.7 Å². The lowest BCUT2D eigenvalue weighted by molar-refractivity contribution is -0.122. The molecular formula is C21H19ClN2O4. The standard InChI is InChI=1S/C21H19ClN2O4/c1-12(2)28-18-8-7-14(11-17(18)22)10-16-19(25)23-21(27)24(20(16)26)15-6-4-5-13(3)9-15/h4-12H,1-3H3,(H,23,25,27)/b16-10+. The van der Waals surface area contributed by atoms with E-state index >= 15 is 0 Å². The van der Waals surface area contributed by atoms with Crippen molar-refractivity contribution in [2.45, 2.75) is 26.9 Å². The molecule has 1 aliphatic rings. The second-order valence-corrected chi connectivity index (χ2v) is 7.06. The summed E-state index contributed by atoms with van der Waals surface area (Å²) in [5.74, 6) is -0.940. The Morgan fingerprint density at radius 3 is 2.50 bits per heavy atom. The number of benzene rings is 2. The number of carbonyl (C=O) groups excluding carboxylic acids is 3. The van der Waals surface area contributed by atoms with E-state index in [0.717, 1.165) is 10.5 Å². The van der Waals surface area contributed by atoms with Crippen molar-refractivity contribution < 1.29 is 19.1 Å². The first kappa shape index (κ1) is 19.6. The molecule has 1 aliphatic heterocycles. The van der Waals surface area contributed by atoms with Crippen molar-refractivity contribution in [1.82, 2.24) is 5.32 Å². The SMILES string of the molecule is Cc1cccc(N2C(=O)NC(=O)/C(=C\c3ccc(OC(C)C)c(Cl)c3)C2=O)c1. The number of anilines is 1. The van der Waals surface area contributed by atoms with Crippen molar-refractivity contribution in [3.05, 3.63) is 64.2 Å². The van der Waals surface area contributed by atoms with Gasteiger partial charge in [-0.3, -0.25) is 14.9 Å². The van der Waals surface area contributed by atoms with E-state index in [1.807, 2.05) is 26.8 Å². The highest BCUT2D eigenvalue weighted by molar-refractivity contribution is 6.39. The summed E-state index contributed by atoms with van der Waals surface area (Å²) >= 11 is 6.22. The minimum Gasteiger partial charge on any atom is -0.489 e. The number of carbonyl (C=O) groups is 3. The van der Waals surface area contributed by atoms with Gasteiger partial charge in [-0.25, -0.2) is 9.69 Å². The number of amides is 4. The van der Waals surface area contributed by atoms with E-state index in [2.05, 4.69) is 5.32 Å². The second-order valence-electron chi connectivity index (χ2n) is 6.65. The third-order valence-corrected chi connectivity index (χ3v) is 4.29. The van der Waals surface area contributed by atoms with E-state index in [1.165, 1.54) is 6.08 Å². The summed E-state index contributed by atoms with van der Waals surface area (Å²) in [5, 5.41) is 2.56. The maximum atomic E-state index is 12.9. The number of ether oxygens (including phenoxy) is 1. The molecule has 0 bridgehead atoms. The third kappa shape index (κ3) is 4.07. The highest BCUT2D eigenvalue weighted by atomic mass is 35.5. The number of nitrogens with zero attached hydrogens (tertiary/aromatic N) is 1. The van der Waals surface area contributed by atoms with Crippen LogP contribution in [0.25, 0.3) is 6.08 Å². The molecule has 1 N–H and O–H groups in total. The molecule has 1 heterocycles. The van der Waals surface area contributed by atoms with Gasteiger partial charge in [-0.2, -0.15) is 0 Å². The summed E-state index contributed by atoms with van der Waals surface area (Å²) < 4.78 is 5.58. The number of urea groups is 1. The van der Waals surface area contributed by atoms with Crippen molar-refractivity contribution in [2.24, 2.45) is 0 Å². The molecule has 0 aliphatic carbocycles. The van der Waals surface area contributed by atoms with Gasteiger partial charge in [0, 0.05) is 0 Å². The van der Waals surface area contributed by atoms with Gasteiger partial charge in [0.2, 0.25) is 0 Å². The number of halogens is 1. The van der Waals surface area contributed by atoms with E-state index < -0.39 is 17.8 Å².